The van der Waals surface area contributed by atoms with Gasteiger partial charge in [-0.1, -0.05) is 23.2 Å². The second-order valence-electron chi connectivity index (χ2n) is 4.72. The molecule has 21 heavy (non-hydrogen) atoms. The molecule has 4 nitrogen and oxygen atoms in total. The van der Waals surface area contributed by atoms with Crippen molar-refractivity contribution in [2.24, 2.45) is 0 Å². The van der Waals surface area contributed by atoms with E-state index in [2.05, 4.69) is 5.32 Å². The molecule has 112 valence electrons. The van der Waals surface area contributed by atoms with Gasteiger partial charge in [0.1, 0.15) is 5.54 Å². The predicted molar refractivity (Wildman–Crippen MR) is 85.9 cm³/mol. The van der Waals surface area contributed by atoms with E-state index in [0.717, 1.165) is 5.75 Å². The van der Waals surface area contributed by atoms with E-state index in [-0.39, 0.29) is 0 Å². The molecule has 7 heteroatoms. The maximum atomic E-state index is 11.9. The molecule has 2 N–H and O–H groups in total. The molecular formula is C14H13Cl2NO3S. The van der Waals surface area contributed by atoms with Gasteiger partial charge in [0.2, 0.25) is 5.91 Å². The highest BCUT2D eigenvalue weighted by atomic mass is 35.5. The Labute approximate surface area is 136 Å². The molecule has 2 rings (SSSR count). The first kappa shape index (κ1) is 16.2. The summed E-state index contributed by atoms with van der Waals surface area (Å²) in [6.45, 7) is 0. The number of carboxylic acid groups (broad SMARTS) is 1. The van der Waals surface area contributed by atoms with Crippen molar-refractivity contribution in [2.75, 3.05) is 11.5 Å². The summed E-state index contributed by atoms with van der Waals surface area (Å²) in [6, 6.07) is 4.92. The molecule has 0 aliphatic carbocycles. The first-order chi connectivity index (χ1) is 9.91. The number of aliphatic carboxylic acids is 1. The molecule has 0 spiro atoms. The molecule has 1 saturated heterocycles. The van der Waals surface area contributed by atoms with E-state index in [4.69, 9.17) is 23.2 Å². The van der Waals surface area contributed by atoms with Crippen molar-refractivity contribution in [3.8, 4) is 0 Å². The van der Waals surface area contributed by atoms with Crippen LogP contribution < -0.4 is 5.32 Å². The fourth-order valence-electron chi connectivity index (χ4n) is 2.01. The summed E-state index contributed by atoms with van der Waals surface area (Å²) in [7, 11) is 0. The number of rotatable bonds is 4. The van der Waals surface area contributed by atoms with E-state index in [0.29, 0.717) is 27.8 Å². The van der Waals surface area contributed by atoms with Crippen LogP contribution in [-0.4, -0.2) is 34.0 Å². The molecule has 0 aromatic heterocycles. The number of halogens is 2. The van der Waals surface area contributed by atoms with Crippen LogP contribution in [0, 0.1) is 0 Å². The van der Waals surface area contributed by atoms with Gasteiger partial charge in [0.05, 0.1) is 0 Å². The standard InChI is InChI=1S/C14H13Cl2NO3S/c15-10-5-9(6-11(16)7-10)1-2-12(18)17-14(13(19)20)3-4-21-8-14/h1-2,5-7H,3-4,8H2,(H,17,18)(H,19,20). The zero-order valence-corrected chi connectivity index (χ0v) is 13.3. The van der Waals surface area contributed by atoms with Crippen LogP contribution in [0.2, 0.25) is 10.0 Å². The Hall–Kier alpha value is -1.17. The quantitative estimate of drug-likeness (QED) is 0.823. The third-order valence-corrected chi connectivity index (χ3v) is 4.73. The number of amides is 1. The molecule has 1 atom stereocenters. The van der Waals surface area contributed by atoms with Crippen LogP contribution in [0.25, 0.3) is 6.08 Å². The summed E-state index contributed by atoms with van der Waals surface area (Å²) in [5.41, 5.74) is -0.495. The molecular weight excluding hydrogens is 333 g/mol. The number of carbonyl (C=O) groups is 2. The zero-order valence-electron chi connectivity index (χ0n) is 10.9. The topological polar surface area (TPSA) is 66.4 Å². The second kappa shape index (κ2) is 6.73. The summed E-state index contributed by atoms with van der Waals surface area (Å²) < 4.78 is 0. The van der Waals surface area contributed by atoms with Gasteiger partial charge in [-0.05, 0) is 42.0 Å². The van der Waals surface area contributed by atoms with Gasteiger partial charge >= 0.3 is 5.97 Å². The van der Waals surface area contributed by atoms with Crippen LogP contribution >= 0.6 is 35.0 Å². The van der Waals surface area contributed by atoms with Crippen LogP contribution in [0.3, 0.4) is 0 Å². The van der Waals surface area contributed by atoms with Gasteiger partial charge in [-0.25, -0.2) is 4.79 Å². The third-order valence-electron chi connectivity index (χ3n) is 3.11. The monoisotopic (exact) mass is 345 g/mol. The highest BCUT2D eigenvalue weighted by molar-refractivity contribution is 7.99. The lowest BCUT2D eigenvalue weighted by Gasteiger charge is -2.23. The molecule has 1 unspecified atom stereocenters. The van der Waals surface area contributed by atoms with E-state index in [1.54, 1.807) is 24.3 Å². The SMILES string of the molecule is O=C(C=Cc1cc(Cl)cc(Cl)c1)NC1(C(=O)O)CCSC1. The Kier molecular flexibility index (Phi) is 5.19. The Bertz CT molecular complexity index is 578. The minimum atomic E-state index is -1.17. The molecule has 0 bridgehead atoms. The number of nitrogens with one attached hydrogen (secondary N) is 1. The van der Waals surface area contributed by atoms with Crippen molar-refractivity contribution >= 4 is 52.9 Å². The Morgan fingerprint density at radius 3 is 2.48 bits per heavy atom. The molecule has 1 amide bonds. The smallest absolute Gasteiger partial charge is 0.330 e. The fourth-order valence-corrected chi connectivity index (χ4v) is 3.87. The molecule has 1 fully saturated rings. The largest absolute Gasteiger partial charge is 0.479 e. The Morgan fingerprint density at radius 1 is 1.29 bits per heavy atom. The Morgan fingerprint density at radius 2 is 1.95 bits per heavy atom. The molecule has 1 heterocycles. The first-order valence-corrected chi connectivity index (χ1v) is 8.10. The van der Waals surface area contributed by atoms with Gasteiger partial charge in [-0.3, -0.25) is 4.79 Å². The normalized spacial score (nSPS) is 21.6. The number of carbonyl (C=O) groups excluding carboxylic acids is 1. The maximum absolute atomic E-state index is 11.9. The van der Waals surface area contributed by atoms with E-state index in [1.165, 1.54) is 17.8 Å². The average Bonchev–Trinajstić information content (AvgIpc) is 2.85. The highest BCUT2D eigenvalue weighted by Crippen LogP contribution is 2.28. The number of hydrogen-bond acceptors (Lipinski definition) is 3. The highest BCUT2D eigenvalue weighted by Gasteiger charge is 2.42. The lowest BCUT2D eigenvalue weighted by molar-refractivity contribution is -0.145. The van der Waals surface area contributed by atoms with E-state index in [9.17, 15) is 14.7 Å². The zero-order chi connectivity index (χ0) is 15.5. The summed E-state index contributed by atoms with van der Waals surface area (Å²) in [4.78, 5) is 23.3. The van der Waals surface area contributed by atoms with Gasteiger partial charge in [-0.15, -0.1) is 0 Å². The van der Waals surface area contributed by atoms with Crippen LogP contribution in [-0.2, 0) is 9.59 Å². The third kappa shape index (κ3) is 4.15. The minimum absolute atomic E-state index is 0.380. The van der Waals surface area contributed by atoms with Crippen LogP contribution in [0.5, 0.6) is 0 Å². The van der Waals surface area contributed by atoms with E-state index < -0.39 is 17.4 Å². The van der Waals surface area contributed by atoms with Crippen LogP contribution in [0.4, 0.5) is 0 Å². The van der Waals surface area contributed by atoms with Crippen molar-refractivity contribution < 1.29 is 14.7 Å². The summed E-state index contributed by atoms with van der Waals surface area (Å²) in [5.74, 6) is -0.346. The number of thioether (sulfide) groups is 1. The van der Waals surface area contributed by atoms with Crippen molar-refractivity contribution in [3.63, 3.8) is 0 Å². The Balaban J connectivity index is 2.07. The van der Waals surface area contributed by atoms with Gasteiger partial charge in [-0.2, -0.15) is 11.8 Å². The van der Waals surface area contributed by atoms with E-state index >= 15 is 0 Å². The number of benzene rings is 1. The maximum Gasteiger partial charge on any atom is 0.330 e. The van der Waals surface area contributed by atoms with Crippen molar-refractivity contribution in [1.29, 1.82) is 0 Å². The number of hydrogen-bond donors (Lipinski definition) is 2. The van der Waals surface area contributed by atoms with Gasteiger partial charge in [0, 0.05) is 21.9 Å². The average molecular weight is 346 g/mol. The predicted octanol–water partition coefficient (Wildman–Crippen LogP) is 3.08. The van der Waals surface area contributed by atoms with Gasteiger partial charge < -0.3 is 10.4 Å². The lowest BCUT2D eigenvalue weighted by Crippen LogP contribution is -2.54. The van der Waals surface area contributed by atoms with Crippen molar-refractivity contribution in [1.82, 2.24) is 5.32 Å². The minimum Gasteiger partial charge on any atom is -0.479 e. The summed E-state index contributed by atoms with van der Waals surface area (Å²) >= 11 is 13.2. The summed E-state index contributed by atoms with van der Waals surface area (Å²) in [5, 5.41) is 12.8. The lowest BCUT2D eigenvalue weighted by atomic mass is 9.99. The molecule has 1 aliphatic heterocycles. The molecule has 0 saturated carbocycles. The fraction of sp³-hybridized carbons (Fsp3) is 0.286. The molecule has 1 aromatic carbocycles. The second-order valence-corrected chi connectivity index (χ2v) is 6.69. The van der Waals surface area contributed by atoms with Gasteiger partial charge in [0.15, 0.2) is 0 Å². The molecule has 1 aromatic rings. The summed E-state index contributed by atoms with van der Waals surface area (Å²) in [6.07, 6.45) is 3.26. The van der Waals surface area contributed by atoms with Crippen molar-refractivity contribution in [3.05, 3.63) is 39.9 Å². The van der Waals surface area contributed by atoms with Crippen LogP contribution in [0.15, 0.2) is 24.3 Å². The molecule has 1 aliphatic rings. The van der Waals surface area contributed by atoms with Gasteiger partial charge in [0.25, 0.3) is 0 Å². The van der Waals surface area contributed by atoms with E-state index in [1.807, 2.05) is 0 Å². The first-order valence-electron chi connectivity index (χ1n) is 6.19. The molecule has 0 radical (unpaired) electrons. The van der Waals surface area contributed by atoms with Crippen molar-refractivity contribution in [2.45, 2.75) is 12.0 Å². The number of carboxylic acids is 1. The van der Waals surface area contributed by atoms with Crippen LogP contribution in [0.1, 0.15) is 12.0 Å².